The number of hydrogen-bond acceptors (Lipinski definition) is 2. The Morgan fingerprint density at radius 3 is 2.84 bits per heavy atom. The second-order valence-corrected chi connectivity index (χ2v) is 6.04. The molecule has 0 fully saturated rings. The van der Waals surface area contributed by atoms with Crippen molar-refractivity contribution >= 4 is 27.5 Å². The molecular weight excluding hydrogens is 326 g/mol. The maximum atomic E-state index is 6.23. The van der Waals surface area contributed by atoms with E-state index in [0.717, 1.165) is 32.8 Å². The minimum absolute atomic E-state index is 0.0131. The molecule has 4 heteroatoms. The first-order chi connectivity index (χ1) is 9.13. The predicted molar refractivity (Wildman–Crippen MR) is 80.5 cm³/mol. The van der Waals surface area contributed by atoms with Gasteiger partial charge in [0.05, 0.1) is 0 Å². The van der Waals surface area contributed by atoms with Gasteiger partial charge in [0.15, 0.2) is 0 Å². The Kier molecular flexibility index (Phi) is 3.52. The van der Waals surface area contributed by atoms with Crippen LogP contribution in [0.1, 0.15) is 29.7 Å². The zero-order chi connectivity index (χ0) is 13.4. The Balaban J connectivity index is 1.96. The zero-order valence-corrected chi connectivity index (χ0v) is 12.5. The van der Waals surface area contributed by atoms with E-state index in [1.807, 2.05) is 42.5 Å². The molecule has 0 aromatic heterocycles. The lowest BCUT2D eigenvalue weighted by molar-refractivity contribution is 0.161. The summed E-state index contributed by atoms with van der Waals surface area (Å²) >= 11 is 9.49. The first kappa shape index (κ1) is 13.0. The lowest BCUT2D eigenvalue weighted by atomic mass is 9.94. The van der Waals surface area contributed by atoms with Gasteiger partial charge in [-0.25, -0.2) is 0 Å². The topological polar surface area (TPSA) is 35.2 Å². The van der Waals surface area contributed by atoms with Crippen molar-refractivity contribution in [3.8, 4) is 5.75 Å². The van der Waals surface area contributed by atoms with Gasteiger partial charge >= 0.3 is 0 Å². The van der Waals surface area contributed by atoms with Crippen LogP contribution in [0.4, 0.5) is 0 Å². The molecule has 0 aliphatic carbocycles. The van der Waals surface area contributed by atoms with Crippen LogP contribution in [0.25, 0.3) is 0 Å². The van der Waals surface area contributed by atoms with E-state index >= 15 is 0 Å². The second kappa shape index (κ2) is 5.16. The van der Waals surface area contributed by atoms with Crippen LogP contribution in [0.15, 0.2) is 46.9 Å². The van der Waals surface area contributed by atoms with Crippen LogP contribution in [0.5, 0.6) is 5.75 Å². The minimum Gasteiger partial charge on any atom is -0.485 e. The Hall–Kier alpha value is -1.03. The molecule has 2 N–H and O–H groups in total. The molecule has 1 aliphatic rings. The summed E-state index contributed by atoms with van der Waals surface area (Å²) in [6.07, 6.45) is 0.713. The molecule has 0 saturated carbocycles. The van der Waals surface area contributed by atoms with Crippen LogP contribution >= 0.6 is 27.5 Å². The fourth-order valence-electron chi connectivity index (χ4n) is 2.39. The fourth-order valence-corrected chi connectivity index (χ4v) is 2.93. The molecular formula is C15H13BrClNO. The number of nitrogens with two attached hydrogens (primary N) is 1. The van der Waals surface area contributed by atoms with Crippen LogP contribution in [-0.2, 0) is 0 Å². The van der Waals surface area contributed by atoms with Crippen molar-refractivity contribution < 1.29 is 4.74 Å². The van der Waals surface area contributed by atoms with Crippen LogP contribution in [0, 0.1) is 0 Å². The summed E-state index contributed by atoms with van der Waals surface area (Å²) in [6, 6.07) is 13.7. The molecule has 0 radical (unpaired) electrons. The van der Waals surface area contributed by atoms with Crippen LogP contribution < -0.4 is 10.5 Å². The highest BCUT2D eigenvalue weighted by Crippen LogP contribution is 2.41. The lowest BCUT2D eigenvalue weighted by Gasteiger charge is -2.30. The third-order valence-corrected chi connectivity index (χ3v) is 4.06. The summed E-state index contributed by atoms with van der Waals surface area (Å²) in [7, 11) is 0. The number of rotatable bonds is 1. The highest BCUT2D eigenvalue weighted by molar-refractivity contribution is 9.10. The van der Waals surface area contributed by atoms with Crippen molar-refractivity contribution in [2.75, 3.05) is 0 Å². The maximum Gasteiger partial charge on any atom is 0.126 e. The molecule has 0 bridgehead atoms. The van der Waals surface area contributed by atoms with Crippen molar-refractivity contribution in [1.82, 2.24) is 0 Å². The van der Waals surface area contributed by atoms with Gasteiger partial charge in [-0.3, -0.25) is 0 Å². The quantitative estimate of drug-likeness (QED) is 0.823. The molecule has 2 aromatic rings. The molecule has 2 nitrogen and oxygen atoms in total. The standard InChI is InChI=1S/C15H13BrClNO/c16-10-4-5-12-13(18)8-14(19-15(12)7-10)9-2-1-3-11(17)6-9/h1-7,13-14H,8,18H2/t13-,14?/m1/s1. The summed E-state index contributed by atoms with van der Waals surface area (Å²) in [5.74, 6) is 0.845. The molecule has 2 aromatic carbocycles. The first-order valence-electron chi connectivity index (χ1n) is 6.10. The Morgan fingerprint density at radius 1 is 1.21 bits per heavy atom. The summed E-state index contributed by atoms with van der Waals surface area (Å²) in [5, 5.41) is 0.717. The van der Waals surface area contributed by atoms with E-state index in [1.54, 1.807) is 0 Å². The third kappa shape index (κ3) is 2.64. The number of hydrogen-bond donors (Lipinski definition) is 1. The Labute approximate surface area is 125 Å². The SMILES string of the molecule is N[C@@H]1CC(c2cccc(Cl)c2)Oc2cc(Br)ccc21. The second-order valence-electron chi connectivity index (χ2n) is 4.69. The summed E-state index contributed by atoms with van der Waals surface area (Å²) < 4.78 is 7.05. The van der Waals surface area contributed by atoms with E-state index in [2.05, 4.69) is 15.9 Å². The molecule has 1 aliphatic heterocycles. The van der Waals surface area contributed by atoms with E-state index in [-0.39, 0.29) is 12.1 Å². The highest BCUT2D eigenvalue weighted by Gasteiger charge is 2.27. The van der Waals surface area contributed by atoms with Crippen molar-refractivity contribution in [3.05, 3.63) is 63.1 Å². The van der Waals surface area contributed by atoms with Gasteiger partial charge in [-0.05, 0) is 29.8 Å². The molecule has 1 heterocycles. The monoisotopic (exact) mass is 337 g/mol. The molecule has 19 heavy (non-hydrogen) atoms. The van der Waals surface area contributed by atoms with E-state index in [9.17, 15) is 0 Å². The molecule has 2 atom stereocenters. The van der Waals surface area contributed by atoms with Gasteiger partial charge in [-0.15, -0.1) is 0 Å². The van der Waals surface area contributed by atoms with Crippen molar-refractivity contribution in [3.63, 3.8) is 0 Å². The Bertz CT molecular complexity index is 617. The van der Waals surface area contributed by atoms with Crippen molar-refractivity contribution in [1.29, 1.82) is 0 Å². The fraction of sp³-hybridized carbons (Fsp3) is 0.200. The third-order valence-electron chi connectivity index (χ3n) is 3.33. The van der Waals surface area contributed by atoms with E-state index in [1.165, 1.54) is 0 Å². The highest BCUT2D eigenvalue weighted by atomic mass is 79.9. The summed E-state index contributed by atoms with van der Waals surface area (Å²) in [5.41, 5.74) is 8.35. The lowest BCUT2D eigenvalue weighted by Crippen LogP contribution is -2.24. The van der Waals surface area contributed by atoms with Gasteiger partial charge < -0.3 is 10.5 Å². The molecule has 3 rings (SSSR count). The van der Waals surface area contributed by atoms with E-state index in [0.29, 0.717) is 0 Å². The molecule has 0 amide bonds. The maximum absolute atomic E-state index is 6.23. The molecule has 0 saturated heterocycles. The smallest absolute Gasteiger partial charge is 0.126 e. The van der Waals surface area contributed by atoms with Crippen LogP contribution in [0.3, 0.4) is 0 Å². The van der Waals surface area contributed by atoms with Gasteiger partial charge in [0.25, 0.3) is 0 Å². The van der Waals surface area contributed by atoms with Crippen LogP contribution in [-0.4, -0.2) is 0 Å². The summed E-state index contributed by atoms with van der Waals surface area (Å²) in [6.45, 7) is 0. The Morgan fingerprint density at radius 2 is 2.05 bits per heavy atom. The molecule has 98 valence electrons. The number of halogens is 2. The molecule has 0 spiro atoms. The zero-order valence-electron chi connectivity index (χ0n) is 10.1. The minimum atomic E-state index is -0.0458. The van der Waals surface area contributed by atoms with Gasteiger partial charge in [0.1, 0.15) is 11.9 Å². The number of benzene rings is 2. The van der Waals surface area contributed by atoms with Gasteiger partial charge in [-0.2, -0.15) is 0 Å². The predicted octanol–water partition coefficient (Wildman–Crippen LogP) is 4.63. The number of fused-ring (bicyclic) bond motifs is 1. The normalized spacial score (nSPS) is 21.6. The first-order valence-corrected chi connectivity index (χ1v) is 7.28. The van der Waals surface area contributed by atoms with Crippen LogP contribution in [0.2, 0.25) is 5.02 Å². The molecule has 1 unspecified atom stereocenters. The number of ether oxygens (including phenoxy) is 1. The largest absolute Gasteiger partial charge is 0.485 e. The van der Waals surface area contributed by atoms with Gasteiger partial charge in [-0.1, -0.05) is 45.7 Å². The average molecular weight is 339 g/mol. The van der Waals surface area contributed by atoms with Crippen molar-refractivity contribution in [2.45, 2.75) is 18.6 Å². The van der Waals surface area contributed by atoms with Gasteiger partial charge in [0.2, 0.25) is 0 Å². The van der Waals surface area contributed by atoms with E-state index < -0.39 is 0 Å². The average Bonchev–Trinajstić information content (AvgIpc) is 2.38. The van der Waals surface area contributed by atoms with Crippen molar-refractivity contribution in [2.24, 2.45) is 5.73 Å². The summed E-state index contributed by atoms with van der Waals surface area (Å²) in [4.78, 5) is 0. The van der Waals surface area contributed by atoms with E-state index in [4.69, 9.17) is 22.1 Å². The van der Waals surface area contributed by atoms with Gasteiger partial charge in [0, 0.05) is 27.5 Å².